The Labute approximate surface area is 123 Å². The van der Waals surface area contributed by atoms with Gasteiger partial charge in [0.15, 0.2) is 0 Å². The van der Waals surface area contributed by atoms with Crippen LogP contribution in [0.15, 0.2) is 29.7 Å². The molecule has 0 aliphatic carbocycles. The minimum atomic E-state index is -1.22. The van der Waals surface area contributed by atoms with E-state index in [2.05, 4.69) is 15.2 Å². The van der Waals surface area contributed by atoms with Crippen LogP contribution in [0.4, 0.5) is 4.39 Å². The molecule has 0 unspecified atom stereocenters. The van der Waals surface area contributed by atoms with E-state index in [4.69, 9.17) is 0 Å². The molecule has 8 heteroatoms. The molecule has 0 spiro atoms. The molecule has 1 aromatic carbocycles. The summed E-state index contributed by atoms with van der Waals surface area (Å²) in [4.78, 5) is 4.47. The minimum Gasteiger partial charge on any atom is -0.327 e. The van der Waals surface area contributed by atoms with Gasteiger partial charge < -0.3 is 4.57 Å². The second-order valence-electron chi connectivity index (χ2n) is 4.60. The fraction of sp³-hybridized carbons (Fsp3) is 0.308. The molecule has 0 amide bonds. The molecule has 0 radical (unpaired) electrons. The topological polar surface area (TPSA) is 65.6 Å². The molecule has 0 aliphatic rings. The standard InChI is InChI=1S/C13H14FN5OS/c1-3-19-11-5-4-9(14)6-10(11)16-12(19)7-18-8-15-17-13(18)21(2)20/h4-6,8H,3,7H2,1-2H3/t21-/m0/s1. The lowest BCUT2D eigenvalue weighted by atomic mass is 10.3. The van der Waals surface area contributed by atoms with Crippen LogP contribution in [0.1, 0.15) is 12.7 Å². The molecule has 2 aromatic heterocycles. The Kier molecular flexibility index (Phi) is 3.54. The third-order valence-electron chi connectivity index (χ3n) is 3.25. The van der Waals surface area contributed by atoms with Crippen LogP contribution in [0.3, 0.4) is 0 Å². The smallest absolute Gasteiger partial charge is 0.221 e. The molecule has 21 heavy (non-hydrogen) atoms. The predicted molar refractivity (Wildman–Crippen MR) is 76.8 cm³/mol. The molecule has 0 saturated heterocycles. The summed E-state index contributed by atoms with van der Waals surface area (Å²) in [7, 11) is -1.22. The van der Waals surface area contributed by atoms with Crippen molar-refractivity contribution >= 4 is 21.8 Å². The lowest BCUT2D eigenvalue weighted by Gasteiger charge is -2.07. The average molecular weight is 307 g/mol. The highest BCUT2D eigenvalue weighted by atomic mass is 32.2. The highest BCUT2D eigenvalue weighted by Crippen LogP contribution is 2.18. The van der Waals surface area contributed by atoms with Gasteiger partial charge in [-0.3, -0.25) is 8.78 Å². The van der Waals surface area contributed by atoms with E-state index in [1.807, 2.05) is 11.5 Å². The summed E-state index contributed by atoms with van der Waals surface area (Å²) >= 11 is 0. The van der Waals surface area contributed by atoms with E-state index >= 15 is 0 Å². The summed E-state index contributed by atoms with van der Waals surface area (Å²) in [6, 6.07) is 4.55. The number of imidazole rings is 1. The molecular weight excluding hydrogens is 293 g/mol. The highest BCUT2D eigenvalue weighted by Gasteiger charge is 2.14. The normalized spacial score (nSPS) is 12.9. The molecule has 110 valence electrons. The molecule has 3 rings (SSSR count). The first-order valence-corrected chi connectivity index (χ1v) is 8.02. The van der Waals surface area contributed by atoms with Gasteiger partial charge in [-0.2, -0.15) is 0 Å². The van der Waals surface area contributed by atoms with E-state index in [1.54, 1.807) is 16.9 Å². The molecule has 1 atom stereocenters. The number of aromatic nitrogens is 5. The van der Waals surface area contributed by atoms with E-state index in [-0.39, 0.29) is 5.82 Å². The van der Waals surface area contributed by atoms with Crippen molar-refractivity contribution in [1.29, 1.82) is 0 Å². The Hall–Kier alpha value is -2.09. The van der Waals surface area contributed by atoms with Crippen molar-refractivity contribution in [2.45, 2.75) is 25.2 Å². The number of benzene rings is 1. The minimum absolute atomic E-state index is 0.311. The maximum atomic E-state index is 13.3. The summed E-state index contributed by atoms with van der Waals surface area (Å²) in [6.45, 7) is 3.11. The first kappa shape index (κ1) is 13.9. The highest BCUT2D eigenvalue weighted by molar-refractivity contribution is 7.84. The molecule has 0 bridgehead atoms. The van der Waals surface area contributed by atoms with Crippen molar-refractivity contribution in [3.05, 3.63) is 36.2 Å². The van der Waals surface area contributed by atoms with Crippen LogP contribution in [-0.2, 0) is 23.9 Å². The second kappa shape index (κ2) is 5.36. The van der Waals surface area contributed by atoms with E-state index < -0.39 is 10.8 Å². The van der Waals surface area contributed by atoms with Gasteiger partial charge in [-0.25, -0.2) is 9.37 Å². The monoisotopic (exact) mass is 307 g/mol. The fourth-order valence-corrected chi connectivity index (χ4v) is 2.96. The number of rotatable bonds is 4. The fourth-order valence-electron chi connectivity index (χ4n) is 2.35. The van der Waals surface area contributed by atoms with E-state index in [9.17, 15) is 8.60 Å². The van der Waals surface area contributed by atoms with Crippen molar-refractivity contribution in [2.75, 3.05) is 6.26 Å². The quantitative estimate of drug-likeness (QED) is 0.734. The van der Waals surface area contributed by atoms with Gasteiger partial charge in [0.1, 0.15) is 18.0 Å². The Morgan fingerprint density at radius 3 is 2.90 bits per heavy atom. The molecule has 0 fully saturated rings. The summed E-state index contributed by atoms with van der Waals surface area (Å²) in [6.07, 6.45) is 3.08. The van der Waals surface area contributed by atoms with Crippen LogP contribution in [0, 0.1) is 5.82 Å². The predicted octanol–water partition coefficient (Wildman–Crippen LogP) is 1.57. The summed E-state index contributed by atoms with van der Waals surface area (Å²) < 4.78 is 28.6. The molecule has 0 saturated carbocycles. The maximum absolute atomic E-state index is 13.3. The first-order chi connectivity index (χ1) is 10.1. The maximum Gasteiger partial charge on any atom is 0.221 e. The van der Waals surface area contributed by atoms with Gasteiger partial charge in [-0.15, -0.1) is 10.2 Å². The van der Waals surface area contributed by atoms with Crippen LogP contribution in [-0.4, -0.2) is 34.8 Å². The van der Waals surface area contributed by atoms with Crippen LogP contribution in [0.25, 0.3) is 11.0 Å². The number of hydrogen-bond acceptors (Lipinski definition) is 4. The van der Waals surface area contributed by atoms with Crippen molar-refractivity contribution in [1.82, 2.24) is 24.3 Å². The van der Waals surface area contributed by atoms with E-state index in [1.165, 1.54) is 18.5 Å². The Morgan fingerprint density at radius 2 is 2.19 bits per heavy atom. The summed E-state index contributed by atoms with van der Waals surface area (Å²) in [5.74, 6) is 0.444. The van der Waals surface area contributed by atoms with E-state index in [0.717, 1.165) is 11.3 Å². The first-order valence-electron chi connectivity index (χ1n) is 6.46. The zero-order valence-corrected chi connectivity index (χ0v) is 12.5. The van der Waals surface area contributed by atoms with Crippen LogP contribution in [0.5, 0.6) is 0 Å². The SMILES string of the molecule is CCn1c(Cn2cnnc2[S@](C)=O)nc2cc(F)ccc21. The zero-order chi connectivity index (χ0) is 15.0. The molecule has 0 aliphatic heterocycles. The summed E-state index contributed by atoms with van der Waals surface area (Å²) in [5, 5.41) is 8.04. The Bertz CT molecular complexity index is 825. The molecule has 6 nitrogen and oxygen atoms in total. The number of halogens is 1. The largest absolute Gasteiger partial charge is 0.327 e. The van der Waals surface area contributed by atoms with Crippen molar-refractivity contribution in [3.8, 4) is 0 Å². The lowest BCUT2D eigenvalue weighted by molar-refractivity contribution is 0.614. The van der Waals surface area contributed by atoms with Gasteiger partial charge >= 0.3 is 0 Å². The van der Waals surface area contributed by atoms with Crippen molar-refractivity contribution in [3.63, 3.8) is 0 Å². The van der Waals surface area contributed by atoms with Gasteiger partial charge in [0, 0.05) is 18.9 Å². The molecule has 2 heterocycles. The third-order valence-corrected chi connectivity index (χ3v) is 4.08. The summed E-state index contributed by atoms with van der Waals surface area (Å²) in [5.41, 5.74) is 1.49. The number of nitrogens with zero attached hydrogens (tertiary/aromatic N) is 5. The Balaban J connectivity index is 2.07. The molecule has 0 N–H and O–H groups in total. The number of hydrogen-bond donors (Lipinski definition) is 0. The van der Waals surface area contributed by atoms with E-state index in [0.29, 0.717) is 23.8 Å². The molecular formula is C13H14FN5OS. The van der Waals surface area contributed by atoms with Gasteiger partial charge in [0.25, 0.3) is 0 Å². The van der Waals surface area contributed by atoms with Gasteiger partial charge in [0.05, 0.1) is 28.4 Å². The second-order valence-corrected chi connectivity index (χ2v) is 5.87. The lowest BCUT2D eigenvalue weighted by Crippen LogP contribution is -2.10. The number of fused-ring (bicyclic) bond motifs is 1. The average Bonchev–Trinajstić information content (AvgIpc) is 3.02. The van der Waals surface area contributed by atoms with Crippen molar-refractivity contribution in [2.24, 2.45) is 0 Å². The van der Waals surface area contributed by atoms with Gasteiger partial charge in [-0.1, -0.05) is 0 Å². The van der Waals surface area contributed by atoms with Crippen molar-refractivity contribution < 1.29 is 8.60 Å². The molecule has 3 aromatic rings. The Morgan fingerprint density at radius 1 is 1.38 bits per heavy atom. The van der Waals surface area contributed by atoms with Crippen LogP contribution in [0.2, 0.25) is 0 Å². The van der Waals surface area contributed by atoms with Gasteiger partial charge in [0.2, 0.25) is 5.16 Å². The van der Waals surface area contributed by atoms with Gasteiger partial charge in [-0.05, 0) is 19.1 Å². The zero-order valence-electron chi connectivity index (χ0n) is 11.7. The number of aryl methyl sites for hydroxylation is 1. The third kappa shape index (κ3) is 2.46. The van der Waals surface area contributed by atoms with Crippen LogP contribution < -0.4 is 0 Å². The van der Waals surface area contributed by atoms with Crippen LogP contribution >= 0.6 is 0 Å².